The summed E-state index contributed by atoms with van der Waals surface area (Å²) in [6.45, 7) is 0. The number of hydrogen-bond acceptors (Lipinski definition) is 2. The molecule has 4 heteroatoms. The van der Waals surface area contributed by atoms with Crippen LogP contribution in [0.4, 0.5) is 0 Å². The van der Waals surface area contributed by atoms with Gasteiger partial charge in [-0.15, -0.1) is 0 Å². The fourth-order valence-electron chi connectivity index (χ4n) is 0.963. The van der Waals surface area contributed by atoms with Gasteiger partial charge in [-0.05, 0) is 17.7 Å². The van der Waals surface area contributed by atoms with Gasteiger partial charge in [0, 0.05) is 0 Å². The van der Waals surface area contributed by atoms with Crippen LogP contribution in [-0.4, -0.2) is 5.91 Å². The van der Waals surface area contributed by atoms with Crippen LogP contribution in [0.3, 0.4) is 0 Å². The Kier molecular flexibility index (Phi) is 2.88. The first-order valence-corrected chi connectivity index (χ1v) is 3.98. The lowest BCUT2D eigenvalue weighted by Crippen LogP contribution is -2.11. The summed E-state index contributed by atoms with van der Waals surface area (Å²) in [4.78, 5) is 10.8. The summed E-state index contributed by atoms with van der Waals surface area (Å²) in [5.41, 5.74) is 6.07. The smallest absolute Gasteiger partial charge is 0.250 e. The van der Waals surface area contributed by atoms with Gasteiger partial charge in [0.1, 0.15) is 0 Å². The minimum Gasteiger partial charge on any atom is -0.366 e. The highest BCUT2D eigenvalue weighted by Crippen LogP contribution is 2.17. The zero-order valence-corrected chi connectivity index (χ0v) is 7.51. The lowest BCUT2D eigenvalue weighted by Gasteiger charge is -2.00. The van der Waals surface area contributed by atoms with Crippen molar-refractivity contribution >= 4 is 17.5 Å². The lowest BCUT2D eigenvalue weighted by molar-refractivity contribution is 0.100. The van der Waals surface area contributed by atoms with E-state index in [1.165, 1.54) is 6.07 Å². The van der Waals surface area contributed by atoms with Crippen LogP contribution < -0.4 is 5.73 Å². The molecule has 3 nitrogen and oxygen atoms in total. The van der Waals surface area contributed by atoms with E-state index in [-0.39, 0.29) is 12.0 Å². The molecule has 0 saturated carbocycles. The van der Waals surface area contributed by atoms with Crippen LogP contribution >= 0.6 is 11.6 Å². The van der Waals surface area contributed by atoms with Crippen molar-refractivity contribution in [1.82, 2.24) is 0 Å². The Morgan fingerprint density at radius 3 is 2.85 bits per heavy atom. The molecule has 0 atom stereocenters. The third kappa shape index (κ3) is 2.20. The first-order chi connectivity index (χ1) is 6.15. The van der Waals surface area contributed by atoms with Crippen LogP contribution in [0.25, 0.3) is 0 Å². The second-order valence-corrected chi connectivity index (χ2v) is 2.92. The standard InChI is InChI=1S/C9H7ClN2O/c10-8-2-1-6(3-4-11)5-7(8)9(12)13/h1-2,5H,3H2,(H2,12,13). The van der Waals surface area contributed by atoms with E-state index in [0.717, 1.165) is 5.56 Å². The van der Waals surface area contributed by atoms with Gasteiger partial charge in [0.15, 0.2) is 0 Å². The molecule has 0 unspecified atom stereocenters. The average Bonchev–Trinajstić information content (AvgIpc) is 2.08. The zero-order valence-electron chi connectivity index (χ0n) is 6.75. The molecule has 0 aliphatic heterocycles. The van der Waals surface area contributed by atoms with Gasteiger partial charge in [0.05, 0.1) is 23.1 Å². The monoisotopic (exact) mass is 194 g/mol. The molecule has 0 fully saturated rings. The molecule has 1 aromatic rings. The molecule has 1 rings (SSSR count). The number of rotatable bonds is 2. The van der Waals surface area contributed by atoms with Gasteiger partial charge in [-0.25, -0.2) is 0 Å². The van der Waals surface area contributed by atoms with Gasteiger partial charge in [-0.2, -0.15) is 5.26 Å². The van der Waals surface area contributed by atoms with E-state index in [1.807, 2.05) is 6.07 Å². The highest BCUT2D eigenvalue weighted by Gasteiger charge is 2.06. The molecule has 0 radical (unpaired) electrons. The first kappa shape index (κ1) is 9.56. The zero-order chi connectivity index (χ0) is 9.84. The maximum absolute atomic E-state index is 10.8. The van der Waals surface area contributed by atoms with Crippen LogP contribution in [0, 0.1) is 11.3 Å². The third-order valence-electron chi connectivity index (χ3n) is 1.58. The molecule has 13 heavy (non-hydrogen) atoms. The normalized spacial score (nSPS) is 9.23. The molecule has 66 valence electrons. The van der Waals surface area contributed by atoms with E-state index in [1.54, 1.807) is 12.1 Å². The Bertz CT molecular complexity index is 382. The van der Waals surface area contributed by atoms with Crippen molar-refractivity contribution in [1.29, 1.82) is 5.26 Å². The number of halogens is 1. The van der Waals surface area contributed by atoms with Crippen molar-refractivity contribution < 1.29 is 4.79 Å². The van der Waals surface area contributed by atoms with Crippen LogP contribution in [0.5, 0.6) is 0 Å². The predicted molar refractivity (Wildman–Crippen MR) is 49.3 cm³/mol. The van der Waals surface area contributed by atoms with Gasteiger partial charge >= 0.3 is 0 Å². The molecule has 0 aliphatic carbocycles. The van der Waals surface area contributed by atoms with E-state index in [0.29, 0.717) is 5.02 Å². The van der Waals surface area contributed by atoms with E-state index < -0.39 is 5.91 Å². The number of primary amides is 1. The highest BCUT2D eigenvalue weighted by molar-refractivity contribution is 6.33. The third-order valence-corrected chi connectivity index (χ3v) is 1.91. The Labute approximate surface area is 80.7 Å². The van der Waals surface area contributed by atoms with E-state index in [2.05, 4.69) is 0 Å². The molecule has 0 aliphatic rings. The van der Waals surface area contributed by atoms with Crippen molar-refractivity contribution in [3.05, 3.63) is 34.3 Å². The largest absolute Gasteiger partial charge is 0.366 e. The maximum Gasteiger partial charge on any atom is 0.250 e. The van der Waals surface area contributed by atoms with Crippen LogP contribution in [0.15, 0.2) is 18.2 Å². The molecular formula is C9H7ClN2O. The lowest BCUT2D eigenvalue weighted by atomic mass is 10.1. The second kappa shape index (κ2) is 3.92. The molecule has 1 amide bonds. The van der Waals surface area contributed by atoms with Crippen molar-refractivity contribution in [2.45, 2.75) is 6.42 Å². The molecule has 0 spiro atoms. The van der Waals surface area contributed by atoms with Crippen molar-refractivity contribution in [2.24, 2.45) is 5.73 Å². The molecule has 1 aromatic carbocycles. The predicted octanol–water partition coefficient (Wildman–Crippen LogP) is 1.50. The number of amides is 1. The number of nitrogens with two attached hydrogens (primary N) is 1. The summed E-state index contributed by atoms with van der Waals surface area (Å²) in [6, 6.07) is 6.77. The molecule has 2 N–H and O–H groups in total. The van der Waals surface area contributed by atoms with Crippen molar-refractivity contribution in [3.8, 4) is 6.07 Å². The number of nitrogens with zero attached hydrogens (tertiary/aromatic N) is 1. The second-order valence-electron chi connectivity index (χ2n) is 2.51. The number of hydrogen-bond donors (Lipinski definition) is 1. The highest BCUT2D eigenvalue weighted by atomic mass is 35.5. The molecule has 0 heterocycles. The topological polar surface area (TPSA) is 66.9 Å². The van der Waals surface area contributed by atoms with Crippen LogP contribution in [-0.2, 0) is 6.42 Å². The quantitative estimate of drug-likeness (QED) is 0.776. The van der Waals surface area contributed by atoms with Crippen molar-refractivity contribution in [2.75, 3.05) is 0 Å². The summed E-state index contributed by atoms with van der Waals surface area (Å²) in [5, 5.41) is 8.73. The first-order valence-electron chi connectivity index (χ1n) is 3.60. The van der Waals surface area contributed by atoms with Crippen LogP contribution in [0.1, 0.15) is 15.9 Å². The average molecular weight is 195 g/mol. The fourth-order valence-corrected chi connectivity index (χ4v) is 1.17. The number of benzene rings is 1. The van der Waals surface area contributed by atoms with Gasteiger partial charge in [0.2, 0.25) is 5.91 Å². The fraction of sp³-hybridized carbons (Fsp3) is 0.111. The number of carbonyl (C=O) groups excluding carboxylic acids is 1. The summed E-state index contributed by atoms with van der Waals surface area (Å²) >= 11 is 5.71. The SMILES string of the molecule is N#CCc1ccc(Cl)c(C(N)=O)c1. The van der Waals surface area contributed by atoms with E-state index in [9.17, 15) is 4.79 Å². The van der Waals surface area contributed by atoms with Crippen LogP contribution in [0.2, 0.25) is 5.02 Å². The summed E-state index contributed by atoms with van der Waals surface area (Å²) in [7, 11) is 0. The van der Waals surface area contributed by atoms with Gasteiger partial charge in [-0.1, -0.05) is 17.7 Å². The van der Waals surface area contributed by atoms with E-state index in [4.69, 9.17) is 22.6 Å². The Hall–Kier alpha value is -1.53. The van der Waals surface area contributed by atoms with Gasteiger partial charge < -0.3 is 5.73 Å². The Morgan fingerprint density at radius 1 is 1.62 bits per heavy atom. The molecule has 0 bridgehead atoms. The summed E-state index contributed by atoms with van der Waals surface area (Å²) in [5.74, 6) is -0.579. The molecule has 0 aromatic heterocycles. The number of nitriles is 1. The van der Waals surface area contributed by atoms with Gasteiger partial charge in [0.25, 0.3) is 0 Å². The Balaban J connectivity index is 3.13. The van der Waals surface area contributed by atoms with E-state index >= 15 is 0 Å². The minimum absolute atomic E-state index is 0.247. The molecular weight excluding hydrogens is 188 g/mol. The van der Waals surface area contributed by atoms with Crippen molar-refractivity contribution in [3.63, 3.8) is 0 Å². The Morgan fingerprint density at radius 2 is 2.31 bits per heavy atom. The maximum atomic E-state index is 10.8. The van der Waals surface area contributed by atoms with Gasteiger partial charge in [-0.3, -0.25) is 4.79 Å². The minimum atomic E-state index is -0.579. The number of carbonyl (C=O) groups is 1. The molecule has 0 saturated heterocycles. The summed E-state index contributed by atoms with van der Waals surface area (Å²) < 4.78 is 0. The summed E-state index contributed by atoms with van der Waals surface area (Å²) in [6.07, 6.45) is 0.247.